The average molecular weight is 591 g/mol. The highest BCUT2D eigenvalue weighted by Crippen LogP contribution is 2.45. The van der Waals surface area contributed by atoms with Crippen molar-refractivity contribution >= 4 is 62.6 Å². The molecule has 2 aliphatic heterocycles. The molecule has 1 atom stereocenters. The number of aliphatic imine (C=N–C) groups is 1. The summed E-state index contributed by atoms with van der Waals surface area (Å²) in [5.74, 6) is 0.859. The largest absolute Gasteiger partial charge is 0.340 e. The third-order valence-corrected chi connectivity index (χ3v) is 8.96. The third-order valence-electron chi connectivity index (χ3n) is 8.96. The fourth-order valence-electron chi connectivity index (χ4n) is 6.84. The van der Waals surface area contributed by atoms with E-state index in [1.807, 2.05) is 6.07 Å². The Hall–Kier alpha value is -6.13. The number of fused-ring (bicyclic) bond motifs is 5. The normalized spacial score (nSPS) is 15.5. The van der Waals surface area contributed by atoms with Crippen LogP contribution < -0.4 is 10.2 Å². The smallest absolute Gasteiger partial charge is 0.149 e. The molecule has 3 heterocycles. The Labute approximate surface area is 267 Å². The number of rotatable bonds is 4. The van der Waals surface area contributed by atoms with Crippen LogP contribution in [0.4, 0.5) is 17.1 Å². The molecule has 0 spiro atoms. The van der Waals surface area contributed by atoms with Crippen LogP contribution >= 0.6 is 0 Å². The maximum absolute atomic E-state index is 5.36. The molecule has 4 nitrogen and oxygen atoms in total. The zero-order valence-corrected chi connectivity index (χ0v) is 25.1. The molecule has 0 saturated heterocycles. The SMILES string of the molecule is C1=Cc2cc3c(cc2N(c2ccccc2)c2ccccc21)c1ccccc1n3C1C=C(c2ccccc2)NC(c2ccccc2)=N1. The summed E-state index contributed by atoms with van der Waals surface area (Å²) in [7, 11) is 0. The van der Waals surface area contributed by atoms with Crippen LogP contribution in [-0.4, -0.2) is 10.4 Å². The van der Waals surface area contributed by atoms with Crippen LogP contribution in [0.15, 0.2) is 163 Å². The summed E-state index contributed by atoms with van der Waals surface area (Å²) in [6.45, 7) is 0. The van der Waals surface area contributed by atoms with Gasteiger partial charge in [-0.1, -0.05) is 127 Å². The number of nitrogens with one attached hydrogen (secondary N) is 1. The molecule has 0 radical (unpaired) electrons. The van der Waals surface area contributed by atoms with E-state index < -0.39 is 0 Å². The van der Waals surface area contributed by atoms with E-state index in [1.54, 1.807) is 0 Å². The molecule has 7 aromatic rings. The monoisotopic (exact) mass is 590 g/mol. The van der Waals surface area contributed by atoms with E-state index in [-0.39, 0.29) is 6.17 Å². The maximum atomic E-state index is 5.36. The highest BCUT2D eigenvalue weighted by Gasteiger charge is 2.26. The van der Waals surface area contributed by atoms with E-state index in [1.165, 1.54) is 16.3 Å². The Morgan fingerprint density at radius 2 is 1.17 bits per heavy atom. The van der Waals surface area contributed by atoms with Gasteiger partial charge in [0.25, 0.3) is 0 Å². The number of hydrogen-bond acceptors (Lipinski definition) is 3. The van der Waals surface area contributed by atoms with Crippen LogP contribution in [0.25, 0.3) is 39.7 Å². The summed E-state index contributed by atoms with van der Waals surface area (Å²) in [6.07, 6.45) is 6.48. The van der Waals surface area contributed by atoms with Gasteiger partial charge in [-0.25, -0.2) is 4.99 Å². The highest BCUT2D eigenvalue weighted by atomic mass is 15.2. The number of hydrogen-bond donors (Lipinski definition) is 1. The van der Waals surface area contributed by atoms with Gasteiger partial charge in [-0.2, -0.15) is 0 Å². The molecular formula is C42H30N4. The van der Waals surface area contributed by atoms with Crippen LogP contribution in [0.3, 0.4) is 0 Å². The van der Waals surface area contributed by atoms with E-state index in [0.29, 0.717) is 0 Å². The van der Waals surface area contributed by atoms with E-state index in [2.05, 4.69) is 179 Å². The third kappa shape index (κ3) is 4.34. The summed E-state index contributed by atoms with van der Waals surface area (Å²) in [5, 5.41) is 6.06. The molecule has 6 aromatic carbocycles. The van der Waals surface area contributed by atoms with Crippen LogP contribution in [0.2, 0.25) is 0 Å². The Bertz CT molecular complexity index is 2280. The predicted octanol–water partition coefficient (Wildman–Crippen LogP) is 10.3. The second kappa shape index (κ2) is 10.8. The Kier molecular flexibility index (Phi) is 6.17. The van der Waals surface area contributed by atoms with E-state index in [4.69, 9.17) is 4.99 Å². The predicted molar refractivity (Wildman–Crippen MR) is 193 cm³/mol. The molecule has 0 fully saturated rings. The molecule has 46 heavy (non-hydrogen) atoms. The zero-order chi connectivity index (χ0) is 30.5. The van der Waals surface area contributed by atoms with Gasteiger partial charge in [0.15, 0.2) is 0 Å². The molecule has 1 unspecified atom stereocenters. The van der Waals surface area contributed by atoms with Gasteiger partial charge in [0.1, 0.15) is 12.0 Å². The van der Waals surface area contributed by atoms with Crippen molar-refractivity contribution in [3.63, 3.8) is 0 Å². The van der Waals surface area contributed by atoms with Crippen molar-refractivity contribution in [2.24, 2.45) is 4.99 Å². The first-order chi connectivity index (χ1) is 22.8. The van der Waals surface area contributed by atoms with Crippen molar-refractivity contribution in [1.82, 2.24) is 9.88 Å². The lowest BCUT2D eigenvalue weighted by atomic mass is 10.1. The van der Waals surface area contributed by atoms with Crippen molar-refractivity contribution in [3.05, 3.63) is 180 Å². The minimum atomic E-state index is -0.260. The second-order valence-corrected chi connectivity index (χ2v) is 11.7. The number of nitrogens with zero attached hydrogens (tertiary/aromatic N) is 3. The van der Waals surface area contributed by atoms with Crippen LogP contribution in [0, 0.1) is 0 Å². The zero-order valence-electron chi connectivity index (χ0n) is 25.1. The molecule has 4 heteroatoms. The first kappa shape index (κ1) is 26.3. The van der Waals surface area contributed by atoms with Gasteiger partial charge >= 0.3 is 0 Å². The van der Waals surface area contributed by atoms with Crippen molar-refractivity contribution in [1.29, 1.82) is 0 Å². The van der Waals surface area contributed by atoms with Gasteiger partial charge in [-0.3, -0.25) is 0 Å². The lowest BCUT2D eigenvalue weighted by Crippen LogP contribution is -2.29. The number of amidine groups is 1. The molecule has 1 aromatic heterocycles. The minimum absolute atomic E-state index is 0.260. The molecule has 9 rings (SSSR count). The fourth-order valence-corrected chi connectivity index (χ4v) is 6.84. The van der Waals surface area contributed by atoms with Gasteiger partial charge in [0, 0.05) is 33.3 Å². The van der Waals surface area contributed by atoms with Gasteiger partial charge < -0.3 is 14.8 Å². The lowest BCUT2D eigenvalue weighted by Gasteiger charge is -2.28. The molecular weight excluding hydrogens is 560 g/mol. The highest BCUT2D eigenvalue weighted by molar-refractivity contribution is 6.12. The van der Waals surface area contributed by atoms with Crippen molar-refractivity contribution < 1.29 is 0 Å². The van der Waals surface area contributed by atoms with E-state index >= 15 is 0 Å². The van der Waals surface area contributed by atoms with Gasteiger partial charge in [-0.15, -0.1) is 0 Å². The average Bonchev–Trinajstić information content (AvgIpc) is 3.35. The Balaban J connectivity index is 1.31. The quantitative estimate of drug-likeness (QED) is 0.221. The summed E-state index contributed by atoms with van der Waals surface area (Å²) >= 11 is 0. The van der Waals surface area contributed by atoms with Crippen LogP contribution in [-0.2, 0) is 0 Å². The number of anilines is 3. The summed E-state index contributed by atoms with van der Waals surface area (Å²) < 4.78 is 2.40. The minimum Gasteiger partial charge on any atom is -0.340 e. The summed E-state index contributed by atoms with van der Waals surface area (Å²) in [5.41, 5.74) is 11.3. The standard InChI is InChI=1S/C42H30N4/c1-4-14-29(15-5-1)36-28-41(44-42(43-36)31-17-6-2-7-18-31)46-38-23-13-11-21-34(38)35-27-39-32(26-40(35)46)25-24-30-16-10-12-22-37(30)45(39)33-19-8-3-9-20-33/h1-28,41H,(H,43,44). The number of aromatic nitrogens is 1. The van der Waals surface area contributed by atoms with Gasteiger partial charge in [0.2, 0.25) is 0 Å². The molecule has 218 valence electrons. The number of benzene rings is 6. The number of para-hydroxylation sites is 3. The summed E-state index contributed by atoms with van der Waals surface area (Å²) in [6, 6.07) is 53.6. The van der Waals surface area contributed by atoms with Gasteiger partial charge in [-0.05, 0) is 53.6 Å². The first-order valence-electron chi connectivity index (χ1n) is 15.7. The van der Waals surface area contributed by atoms with Crippen molar-refractivity contribution in [3.8, 4) is 0 Å². The Morgan fingerprint density at radius 3 is 1.98 bits per heavy atom. The molecule has 1 N–H and O–H groups in total. The second-order valence-electron chi connectivity index (χ2n) is 11.7. The van der Waals surface area contributed by atoms with E-state index in [0.717, 1.165) is 56.3 Å². The van der Waals surface area contributed by atoms with Crippen molar-refractivity contribution in [2.45, 2.75) is 6.17 Å². The molecule has 0 aliphatic carbocycles. The van der Waals surface area contributed by atoms with Crippen molar-refractivity contribution in [2.75, 3.05) is 4.90 Å². The topological polar surface area (TPSA) is 32.6 Å². The fraction of sp³-hybridized carbons (Fsp3) is 0.0238. The van der Waals surface area contributed by atoms with Gasteiger partial charge in [0.05, 0.1) is 22.4 Å². The molecule has 2 aliphatic rings. The molecule has 0 amide bonds. The van der Waals surface area contributed by atoms with E-state index in [9.17, 15) is 0 Å². The maximum Gasteiger partial charge on any atom is 0.149 e. The lowest BCUT2D eigenvalue weighted by molar-refractivity contribution is 0.668. The molecule has 0 bridgehead atoms. The first-order valence-corrected chi connectivity index (χ1v) is 15.7. The van der Waals surface area contributed by atoms with Crippen LogP contribution in [0.5, 0.6) is 0 Å². The van der Waals surface area contributed by atoms with Crippen LogP contribution in [0.1, 0.15) is 28.4 Å². The summed E-state index contributed by atoms with van der Waals surface area (Å²) in [4.78, 5) is 7.75. The molecule has 0 saturated carbocycles. The Morgan fingerprint density at radius 1 is 0.522 bits per heavy atom.